The molecule has 0 aliphatic heterocycles. The molecule has 1 aromatic carbocycles. The third-order valence-corrected chi connectivity index (χ3v) is 3.38. The van der Waals surface area contributed by atoms with Crippen molar-refractivity contribution >= 4 is 21.8 Å². The molecule has 4 nitrogen and oxygen atoms in total. The summed E-state index contributed by atoms with van der Waals surface area (Å²) >= 11 is 3.33. The Kier molecular flexibility index (Phi) is 6.59. The molecule has 5 heteroatoms. The molecule has 0 fully saturated rings. The maximum Gasteiger partial charge on any atom is 0.252 e. The quantitative estimate of drug-likeness (QED) is 0.756. The number of allylic oxidation sites excluding steroid dienone is 1. The van der Waals surface area contributed by atoms with Crippen molar-refractivity contribution < 1.29 is 14.6 Å². The molecular weight excluding hydrogens is 310 g/mol. The Morgan fingerprint density at radius 1 is 1.63 bits per heavy atom. The van der Waals surface area contributed by atoms with E-state index in [1.807, 2.05) is 0 Å². The average Bonchev–Trinajstić information content (AvgIpc) is 2.43. The number of rotatable bonds is 7. The van der Waals surface area contributed by atoms with E-state index in [1.165, 1.54) is 0 Å². The van der Waals surface area contributed by atoms with Crippen LogP contribution in [0, 0.1) is 0 Å². The number of aliphatic hydroxyl groups excluding tert-OH is 1. The standard InChI is InChI=1S/C14H18BrNO3/c1-3-4-5-10(9-17)16-14(18)12-8-11(19-2)6-7-13(12)15/h3,6-8,10,17H,1,4-5,9H2,2H3,(H,16,18)/t10-/m1/s1. The van der Waals surface area contributed by atoms with Crippen molar-refractivity contribution in [1.82, 2.24) is 5.32 Å². The minimum Gasteiger partial charge on any atom is -0.497 e. The first kappa shape index (κ1) is 15.7. The summed E-state index contributed by atoms with van der Waals surface area (Å²) in [5.41, 5.74) is 0.483. The van der Waals surface area contributed by atoms with Gasteiger partial charge in [-0.1, -0.05) is 6.08 Å². The van der Waals surface area contributed by atoms with Gasteiger partial charge in [-0.05, 0) is 47.0 Å². The number of amides is 1. The Bertz CT molecular complexity index is 448. The number of ether oxygens (including phenoxy) is 1. The van der Waals surface area contributed by atoms with Gasteiger partial charge in [0.25, 0.3) is 5.91 Å². The molecular formula is C14H18BrNO3. The van der Waals surface area contributed by atoms with E-state index in [1.54, 1.807) is 31.4 Å². The van der Waals surface area contributed by atoms with Crippen molar-refractivity contribution in [3.05, 3.63) is 40.9 Å². The molecule has 0 radical (unpaired) electrons. The first-order valence-corrected chi connectivity index (χ1v) is 6.77. The van der Waals surface area contributed by atoms with Crippen LogP contribution in [0.15, 0.2) is 35.3 Å². The van der Waals surface area contributed by atoms with Gasteiger partial charge in [-0.3, -0.25) is 4.79 Å². The fourth-order valence-corrected chi connectivity index (χ4v) is 2.02. The summed E-state index contributed by atoms with van der Waals surface area (Å²) in [6, 6.07) is 4.90. The molecule has 0 aromatic heterocycles. The van der Waals surface area contributed by atoms with Crippen LogP contribution in [0.25, 0.3) is 0 Å². The molecule has 0 saturated carbocycles. The van der Waals surface area contributed by atoms with Crippen molar-refractivity contribution in [3.8, 4) is 5.75 Å². The molecule has 2 N–H and O–H groups in total. The van der Waals surface area contributed by atoms with Gasteiger partial charge in [-0.25, -0.2) is 0 Å². The van der Waals surface area contributed by atoms with Crippen molar-refractivity contribution in [2.45, 2.75) is 18.9 Å². The number of methoxy groups -OCH3 is 1. The van der Waals surface area contributed by atoms with Gasteiger partial charge in [0.2, 0.25) is 0 Å². The Balaban J connectivity index is 2.78. The van der Waals surface area contributed by atoms with Crippen molar-refractivity contribution in [3.63, 3.8) is 0 Å². The van der Waals surface area contributed by atoms with Gasteiger partial charge in [0, 0.05) is 4.47 Å². The fraction of sp³-hybridized carbons (Fsp3) is 0.357. The first-order chi connectivity index (χ1) is 9.12. The SMILES string of the molecule is C=CCC[C@H](CO)NC(=O)c1cc(OC)ccc1Br. The second-order valence-corrected chi connectivity index (χ2v) is 4.92. The summed E-state index contributed by atoms with van der Waals surface area (Å²) in [7, 11) is 1.55. The van der Waals surface area contributed by atoms with Crippen LogP contribution in [0.1, 0.15) is 23.2 Å². The molecule has 19 heavy (non-hydrogen) atoms. The molecule has 104 valence electrons. The van der Waals surface area contributed by atoms with Crippen molar-refractivity contribution in [2.24, 2.45) is 0 Å². The summed E-state index contributed by atoms with van der Waals surface area (Å²) in [4.78, 5) is 12.1. The highest BCUT2D eigenvalue weighted by molar-refractivity contribution is 9.10. The van der Waals surface area contributed by atoms with E-state index < -0.39 is 0 Å². The van der Waals surface area contributed by atoms with Crippen LogP contribution in [-0.4, -0.2) is 30.8 Å². The van der Waals surface area contributed by atoms with E-state index in [-0.39, 0.29) is 18.6 Å². The zero-order valence-electron chi connectivity index (χ0n) is 10.9. The molecule has 0 spiro atoms. The molecule has 1 atom stereocenters. The van der Waals surface area contributed by atoms with Gasteiger partial charge in [0.15, 0.2) is 0 Å². The molecule has 0 heterocycles. The smallest absolute Gasteiger partial charge is 0.252 e. The maximum absolute atomic E-state index is 12.1. The Hall–Kier alpha value is -1.33. The number of benzene rings is 1. The van der Waals surface area contributed by atoms with Crippen LogP contribution in [0.5, 0.6) is 5.75 Å². The Morgan fingerprint density at radius 3 is 2.95 bits per heavy atom. The molecule has 0 bridgehead atoms. The zero-order valence-corrected chi connectivity index (χ0v) is 12.4. The Labute approximate surface area is 121 Å². The van der Waals surface area contributed by atoms with Crippen LogP contribution in [0.4, 0.5) is 0 Å². The van der Waals surface area contributed by atoms with Crippen molar-refractivity contribution in [2.75, 3.05) is 13.7 Å². The lowest BCUT2D eigenvalue weighted by atomic mass is 10.1. The summed E-state index contributed by atoms with van der Waals surface area (Å²) in [5.74, 6) is 0.369. The number of halogens is 1. The van der Waals surface area contributed by atoms with Crippen LogP contribution in [-0.2, 0) is 0 Å². The van der Waals surface area contributed by atoms with Gasteiger partial charge >= 0.3 is 0 Å². The molecule has 0 unspecified atom stereocenters. The highest BCUT2D eigenvalue weighted by Gasteiger charge is 2.15. The van der Waals surface area contributed by atoms with Crippen LogP contribution >= 0.6 is 15.9 Å². The van der Waals surface area contributed by atoms with Crippen LogP contribution in [0.3, 0.4) is 0 Å². The Morgan fingerprint density at radius 2 is 2.37 bits per heavy atom. The normalized spacial score (nSPS) is 11.7. The number of hydrogen-bond acceptors (Lipinski definition) is 3. The third-order valence-electron chi connectivity index (χ3n) is 2.69. The van der Waals surface area contributed by atoms with Gasteiger partial charge in [0.05, 0.1) is 25.3 Å². The van der Waals surface area contributed by atoms with Gasteiger partial charge < -0.3 is 15.2 Å². The summed E-state index contributed by atoms with van der Waals surface area (Å²) in [6.07, 6.45) is 3.16. The molecule has 0 aliphatic rings. The summed E-state index contributed by atoms with van der Waals surface area (Å²) in [5, 5.41) is 12.0. The lowest BCUT2D eigenvalue weighted by molar-refractivity contribution is 0.0912. The molecule has 1 rings (SSSR count). The molecule has 1 amide bonds. The van der Waals surface area contributed by atoms with Gasteiger partial charge in [-0.2, -0.15) is 0 Å². The van der Waals surface area contributed by atoms with Gasteiger partial charge in [0.1, 0.15) is 5.75 Å². The predicted molar refractivity (Wildman–Crippen MR) is 78.5 cm³/mol. The average molecular weight is 328 g/mol. The monoisotopic (exact) mass is 327 g/mol. The number of carbonyl (C=O) groups excluding carboxylic acids is 1. The minimum absolute atomic E-state index is 0.0961. The highest BCUT2D eigenvalue weighted by Crippen LogP contribution is 2.22. The molecule has 0 saturated heterocycles. The predicted octanol–water partition coefficient (Wildman–Crippen LogP) is 2.51. The lowest BCUT2D eigenvalue weighted by Crippen LogP contribution is -2.37. The third kappa shape index (κ3) is 4.69. The maximum atomic E-state index is 12.1. The summed E-state index contributed by atoms with van der Waals surface area (Å²) in [6.45, 7) is 3.53. The largest absolute Gasteiger partial charge is 0.497 e. The second-order valence-electron chi connectivity index (χ2n) is 4.06. The number of aliphatic hydroxyl groups is 1. The second kappa shape index (κ2) is 7.96. The fourth-order valence-electron chi connectivity index (χ4n) is 1.60. The van der Waals surface area contributed by atoms with E-state index in [2.05, 4.69) is 27.8 Å². The molecule has 1 aromatic rings. The summed E-state index contributed by atoms with van der Waals surface area (Å²) < 4.78 is 5.78. The van der Waals surface area contributed by atoms with Crippen LogP contribution < -0.4 is 10.1 Å². The van der Waals surface area contributed by atoms with Crippen LogP contribution in [0.2, 0.25) is 0 Å². The van der Waals surface area contributed by atoms with E-state index in [4.69, 9.17) is 4.74 Å². The number of carbonyl (C=O) groups is 1. The highest BCUT2D eigenvalue weighted by atomic mass is 79.9. The van der Waals surface area contributed by atoms with E-state index in [9.17, 15) is 9.90 Å². The van der Waals surface area contributed by atoms with E-state index >= 15 is 0 Å². The van der Waals surface area contributed by atoms with E-state index in [0.717, 1.165) is 6.42 Å². The lowest BCUT2D eigenvalue weighted by Gasteiger charge is -2.16. The first-order valence-electron chi connectivity index (χ1n) is 5.98. The minimum atomic E-state index is -0.274. The zero-order chi connectivity index (χ0) is 14.3. The van der Waals surface area contributed by atoms with Gasteiger partial charge in [-0.15, -0.1) is 6.58 Å². The van der Waals surface area contributed by atoms with E-state index in [0.29, 0.717) is 22.2 Å². The number of nitrogens with one attached hydrogen (secondary N) is 1. The number of hydrogen-bond donors (Lipinski definition) is 2. The topological polar surface area (TPSA) is 58.6 Å². The van der Waals surface area contributed by atoms with Crippen molar-refractivity contribution in [1.29, 1.82) is 0 Å². The molecule has 0 aliphatic carbocycles.